The van der Waals surface area contributed by atoms with E-state index < -0.39 is 21.7 Å². The van der Waals surface area contributed by atoms with Gasteiger partial charge in [0.15, 0.2) is 5.75 Å². The number of hydrogen-bond acceptors (Lipinski definition) is 5. The smallest absolute Gasteiger partial charge is 0.258 e. The highest BCUT2D eigenvalue weighted by Gasteiger charge is 2.37. The number of anilines is 1. The van der Waals surface area contributed by atoms with Crippen molar-refractivity contribution in [2.45, 2.75) is 19.5 Å². The number of carbonyl (C=O) groups excluding carboxylic acids is 1. The minimum atomic E-state index is -3.77. The standard InChI is InChI=1S/C27H22ClF2N3O4S/c1-32(38(2,36)37)25-19-10-17(9-15-3-6-18(29)7-4-15)12-31-24(19)26(34)23-20(25)14-33(27(23)35)13-16-5-8-22(30)21(28)11-16/h3-8,10-12,34H,9,13-14H2,1-2H3. The minimum absolute atomic E-state index is 0.00401. The molecule has 1 aliphatic rings. The summed E-state index contributed by atoms with van der Waals surface area (Å²) in [4.78, 5) is 19.2. The normalized spacial score (nSPS) is 13.3. The zero-order valence-electron chi connectivity index (χ0n) is 20.4. The molecule has 0 saturated heterocycles. The van der Waals surface area contributed by atoms with Crippen LogP contribution in [0.25, 0.3) is 10.9 Å². The van der Waals surface area contributed by atoms with Crippen molar-refractivity contribution in [1.82, 2.24) is 9.88 Å². The van der Waals surface area contributed by atoms with Crippen LogP contribution in [0.1, 0.15) is 32.6 Å². The number of pyridine rings is 1. The molecular weight excluding hydrogens is 536 g/mol. The molecule has 0 fully saturated rings. The number of fused-ring (bicyclic) bond motifs is 2. The lowest BCUT2D eigenvalue weighted by Gasteiger charge is -2.23. The van der Waals surface area contributed by atoms with Gasteiger partial charge in [-0.25, -0.2) is 17.2 Å². The van der Waals surface area contributed by atoms with E-state index in [-0.39, 0.29) is 46.4 Å². The van der Waals surface area contributed by atoms with Crippen molar-refractivity contribution in [2.75, 3.05) is 17.6 Å². The number of phenolic OH excluding ortho intramolecular Hbond substituents is 1. The largest absolute Gasteiger partial charge is 0.505 e. The summed E-state index contributed by atoms with van der Waals surface area (Å²) in [6, 6.07) is 11.8. The highest BCUT2D eigenvalue weighted by atomic mass is 35.5. The molecule has 0 spiro atoms. The number of benzene rings is 3. The van der Waals surface area contributed by atoms with E-state index in [4.69, 9.17) is 11.6 Å². The van der Waals surface area contributed by atoms with Crippen LogP contribution < -0.4 is 4.31 Å². The second kappa shape index (κ2) is 9.52. The van der Waals surface area contributed by atoms with Crippen molar-refractivity contribution in [3.8, 4) is 5.75 Å². The summed E-state index contributed by atoms with van der Waals surface area (Å²) in [6.07, 6.45) is 2.96. The Morgan fingerprint density at radius 1 is 1.08 bits per heavy atom. The summed E-state index contributed by atoms with van der Waals surface area (Å²) in [7, 11) is -2.39. The quantitative estimate of drug-likeness (QED) is 0.360. The first kappa shape index (κ1) is 25.9. The molecule has 0 radical (unpaired) electrons. The van der Waals surface area contributed by atoms with Crippen LogP contribution in [-0.2, 0) is 29.5 Å². The molecule has 5 rings (SSSR count). The van der Waals surface area contributed by atoms with Crippen molar-refractivity contribution in [3.63, 3.8) is 0 Å². The van der Waals surface area contributed by atoms with Gasteiger partial charge in [-0.05, 0) is 53.4 Å². The third-order valence-electron chi connectivity index (χ3n) is 6.59. The monoisotopic (exact) mass is 557 g/mol. The lowest BCUT2D eigenvalue weighted by Crippen LogP contribution is -2.26. The third kappa shape index (κ3) is 4.65. The average molecular weight is 558 g/mol. The zero-order chi connectivity index (χ0) is 27.4. The van der Waals surface area contributed by atoms with Crippen LogP contribution >= 0.6 is 11.6 Å². The second-order valence-electron chi connectivity index (χ2n) is 9.23. The lowest BCUT2D eigenvalue weighted by atomic mass is 9.98. The molecule has 1 aromatic heterocycles. The molecule has 38 heavy (non-hydrogen) atoms. The van der Waals surface area contributed by atoms with Crippen LogP contribution in [0.5, 0.6) is 5.75 Å². The molecule has 1 aliphatic heterocycles. The van der Waals surface area contributed by atoms with E-state index in [0.29, 0.717) is 28.5 Å². The fraction of sp³-hybridized carbons (Fsp3) is 0.185. The Bertz CT molecular complexity index is 1710. The highest BCUT2D eigenvalue weighted by molar-refractivity contribution is 7.92. The topological polar surface area (TPSA) is 90.8 Å². The van der Waals surface area contributed by atoms with E-state index in [2.05, 4.69) is 4.98 Å². The summed E-state index contributed by atoms with van der Waals surface area (Å²) in [6.45, 7) is 0.0681. The van der Waals surface area contributed by atoms with E-state index in [1.54, 1.807) is 18.2 Å². The molecule has 0 aliphatic carbocycles. The number of halogens is 3. The molecule has 4 aromatic rings. The number of rotatable bonds is 6. The van der Waals surface area contributed by atoms with Crippen molar-refractivity contribution in [2.24, 2.45) is 0 Å². The summed E-state index contributed by atoms with van der Waals surface area (Å²) in [5, 5.41) is 11.4. The van der Waals surface area contributed by atoms with Gasteiger partial charge in [0.25, 0.3) is 5.91 Å². The van der Waals surface area contributed by atoms with E-state index in [9.17, 15) is 27.1 Å². The number of nitrogens with zero attached hydrogens (tertiary/aromatic N) is 3. The van der Waals surface area contributed by atoms with Gasteiger partial charge < -0.3 is 10.0 Å². The summed E-state index contributed by atoms with van der Waals surface area (Å²) < 4.78 is 53.3. The number of phenols is 1. The summed E-state index contributed by atoms with van der Waals surface area (Å²) in [5.74, 6) is -1.81. The SMILES string of the molecule is CN(c1c2c(c(O)c3ncc(Cc4ccc(F)cc4)cc13)C(=O)N(Cc1ccc(F)c(Cl)c1)C2)S(C)(=O)=O. The Morgan fingerprint density at radius 2 is 1.76 bits per heavy atom. The summed E-state index contributed by atoms with van der Waals surface area (Å²) >= 11 is 5.90. The predicted molar refractivity (Wildman–Crippen MR) is 141 cm³/mol. The predicted octanol–water partition coefficient (Wildman–Crippen LogP) is 5.01. The molecule has 0 atom stereocenters. The van der Waals surface area contributed by atoms with Crippen molar-refractivity contribution in [1.29, 1.82) is 0 Å². The van der Waals surface area contributed by atoms with Gasteiger partial charge in [0.2, 0.25) is 10.0 Å². The molecule has 0 bridgehead atoms. The minimum Gasteiger partial charge on any atom is -0.505 e. The van der Waals surface area contributed by atoms with Crippen LogP contribution in [-0.4, -0.2) is 42.6 Å². The number of sulfonamides is 1. The van der Waals surface area contributed by atoms with Crippen LogP contribution in [0.3, 0.4) is 0 Å². The number of carbonyl (C=O) groups is 1. The molecule has 196 valence electrons. The molecule has 1 amide bonds. The second-order valence-corrected chi connectivity index (χ2v) is 11.7. The molecule has 11 heteroatoms. The van der Waals surface area contributed by atoms with Gasteiger partial charge in [-0.1, -0.05) is 29.8 Å². The molecule has 2 heterocycles. The van der Waals surface area contributed by atoms with Crippen LogP contribution in [0.2, 0.25) is 5.02 Å². The lowest BCUT2D eigenvalue weighted by molar-refractivity contribution is 0.0764. The van der Waals surface area contributed by atoms with E-state index in [1.165, 1.54) is 48.5 Å². The Morgan fingerprint density at radius 3 is 2.42 bits per heavy atom. The maximum atomic E-state index is 13.6. The van der Waals surface area contributed by atoms with Gasteiger partial charge >= 0.3 is 0 Å². The van der Waals surface area contributed by atoms with E-state index in [1.807, 2.05) is 0 Å². The third-order valence-corrected chi connectivity index (χ3v) is 8.06. The van der Waals surface area contributed by atoms with Crippen molar-refractivity contribution < 1.29 is 27.1 Å². The highest BCUT2D eigenvalue weighted by Crippen LogP contribution is 2.45. The fourth-order valence-electron chi connectivity index (χ4n) is 4.67. The van der Waals surface area contributed by atoms with Gasteiger partial charge in [0.05, 0.1) is 22.5 Å². The Kier molecular flexibility index (Phi) is 6.48. The number of aromatic nitrogens is 1. The Labute approximate surface area is 223 Å². The van der Waals surface area contributed by atoms with Gasteiger partial charge in [-0.15, -0.1) is 0 Å². The van der Waals surface area contributed by atoms with E-state index >= 15 is 0 Å². The van der Waals surface area contributed by atoms with Gasteiger partial charge in [-0.3, -0.25) is 14.1 Å². The molecule has 7 nitrogen and oxygen atoms in total. The van der Waals surface area contributed by atoms with Crippen LogP contribution in [0.4, 0.5) is 14.5 Å². The van der Waals surface area contributed by atoms with Crippen LogP contribution in [0.15, 0.2) is 54.7 Å². The molecule has 0 unspecified atom stereocenters. The van der Waals surface area contributed by atoms with Crippen molar-refractivity contribution in [3.05, 3.63) is 99.2 Å². The first-order valence-electron chi connectivity index (χ1n) is 11.5. The van der Waals surface area contributed by atoms with E-state index in [0.717, 1.165) is 16.1 Å². The number of hydrogen-bond donors (Lipinski definition) is 1. The molecular formula is C27H22ClF2N3O4S. The Balaban J connectivity index is 1.64. The molecule has 0 saturated carbocycles. The zero-order valence-corrected chi connectivity index (χ0v) is 21.9. The number of aromatic hydroxyl groups is 1. The first-order valence-corrected chi connectivity index (χ1v) is 13.7. The summed E-state index contributed by atoms with van der Waals surface area (Å²) in [5.41, 5.74) is 2.70. The van der Waals surface area contributed by atoms with Gasteiger partial charge in [-0.2, -0.15) is 0 Å². The molecule has 3 aromatic carbocycles. The maximum Gasteiger partial charge on any atom is 0.258 e. The molecule has 1 N–H and O–H groups in total. The van der Waals surface area contributed by atoms with Crippen LogP contribution in [0, 0.1) is 11.6 Å². The van der Waals surface area contributed by atoms with Gasteiger partial charge in [0.1, 0.15) is 17.2 Å². The first-order chi connectivity index (χ1) is 17.9. The average Bonchev–Trinajstić information content (AvgIpc) is 3.18. The number of amides is 1. The fourth-order valence-corrected chi connectivity index (χ4v) is 5.41. The maximum absolute atomic E-state index is 13.6. The van der Waals surface area contributed by atoms with Crippen molar-refractivity contribution >= 4 is 44.1 Å². The Hall–Kier alpha value is -3.76. The van der Waals surface area contributed by atoms with Gasteiger partial charge in [0, 0.05) is 37.3 Å².